The molecule has 0 aromatic carbocycles. The summed E-state index contributed by atoms with van der Waals surface area (Å²) >= 11 is 0. The smallest absolute Gasteiger partial charge is 0.328 e. The van der Waals surface area contributed by atoms with E-state index in [9.17, 15) is 4.79 Å². The number of esters is 1. The summed E-state index contributed by atoms with van der Waals surface area (Å²) in [4.78, 5) is 20.1. The number of nitrogens with one attached hydrogen (secondary N) is 2. The molecule has 0 aliphatic rings. The van der Waals surface area contributed by atoms with Crippen LogP contribution in [-0.2, 0) is 9.53 Å². The molecule has 0 aliphatic carbocycles. The van der Waals surface area contributed by atoms with E-state index in [1.165, 1.54) is 13.4 Å². The Labute approximate surface area is 120 Å². The monoisotopic (exact) mass is 280 g/mol. The molecule has 1 atom stereocenters. The molecule has 0 spiro atoms. The van der Waals surface area contributed by atoms with E-state index >= 15 is 0 Å². The van der Waals surface area contributed by atoms with Crippen LogP contribution in [0.4, 0.5) is 11.6 Å². The lowest BCUT2D eigenvalue weighted by Crippen LogP contribution is -2.28. The summed E-state index contributed by atoms with van der Waals surface area (Å²) in [5.41, 5.74) is 0.983. The molecule has 0 aliphatic heterocycles. The van der Waals surface area contributed by atoms with Crippen LogP contribution in [0.3, 0.4) is 0 Å². The lowest BCUT2D eigenvalue weighted by Gasteiger charge is -2.19. The summed E-state index contributed by atoms with van der Waals surface area (Å²) in [6, 6.07) is -0.452. The normalized spacial score (nSPS) is 12.1. The summed E-state index contributed by atoms with van der Waals surface area (Å²) in [6.45, 7) is 8.84. The maximum atomic E-state index is 11.5. The van der Waals surface area contributed by atoms with E-state index in [2.05, 4.69) is 41.4 Å². The molecule has 1 heterocycles. The summed E-state index contributed by atoms with van der Waals surface area (Å²) in [5, 5.41) is 6.39. The first-order valence-corrected chi connectivity index (χ1v) is 6.94. The maximum Gasteiger partial charge on any atom is 0.328 e. The highest BCUT2D eigenvalue weighted by atomic mass is 16.5. The average molecular weight is 280 g/mol. The van der Waals surface area contributed by atoms with Crippen molar-refractivity contribution in [3.8, 4) is 0 Å². The van der Waals surface area contributed by atoms with Gasteiger partial charge < -0.3 is 15.4 Å². The number of nitrogens with zero attached hydrogens (tertiary/aromatic N) is 2. The number of hydrogen-bond donors (Lipinski definition) is 2. The second-order valence-corrected chi connectivity index (χ2v) is 4.96. The lowest BCUT2D eigenvalue weighted by atomic mass is 10.0. The summed E-state index contributed by atoms with van der Waals surface area (Å²) in [7, 11) is 1.37. The number of ether oxygens (including phenoxy) is 1. The van der Waals surface area contributed by atoms with E-state index in [4.69, 9.17) is 4.74 Å². The molecular formula is C14H24N4O2. The molecule has 0 radical (unpaired) electrons. The van der Waals surface area contributed by atoms with Crippen molar-refractivity contribution in [1.29, 1.82) is 0 Å². The summed E-state index contributed by atoms with van der Waals surface area (Å²) in [5.74, 6) is 1.41. The van der Waals surface area contributed by atoms with Gasteiger partial charge in [0.15, 0.2) is 0 Å². The molecule has 0 bridgehead atoms. The first-order chi connectivity index (χ1) is 9.51. The quantitative estimate of drug-likeness (QED) is 0.747. The van der Waals surface area contributed by atoms with E-state index in [0.29, 0.717) is 5.82 Å². The van der Waals surface area contributed by atoms with Gasteiger partial charge in [0.05, 0.1) is 7.11 Å². The highest BCUT2D eigenvalue weighted by molar-refractivity contribution is 5.79. The topological polar surface area (TPSA) is 76.1 Å². The van der Waals surface area contributed by atoms with E-state index in [-0.39, 0.29) is 11.9 Å². The first kappa shape index (κ1) is 16.2. The van der Waals surface area contributed by atoms with Crippen LogP contribution in [0.15, 0.2) is 6.33 Å². The van der Waals surface area contributed by atoms with Crippen molar-refractivity contribution >= 4 is 17.6 Å². The van der Waals surface area contributed by atoms with E-state index in [1.54, 1.807) is 6.92 Å². The Morgan fingerprint density at radius 2 is 1.95 bits per heavy atom. The molecule has 1 unspecified atom stereocenters. The predicted molar refractivity (Wildman–Crippen MR) is 80.0 cm³/mol. The number of anilines is 2. The van der Waals surface area contributed by atoms with Crippen molar-refractivity contribution in [2.24, 2.45) is 0 Å². The molecule has 0 saturated carbocycles. The van der Waals surface area contributed by atoms with Crippen molar-refractivity contribution in [3.05, 3.63) is 11.9 Å². The third-order valence-corrected chi connectivity index (χ3v) is 2.91. The Morgan fingerprint density at radius 1 is 1.30 bits per heavy atom. The number of hydrogen-bond acceptors (Lipinski definition) is 6. The zero-order valence-corrected chi connectivity index (χ0v) is 12.9. The van der Waals surface area contributed by atoms with E-state index in [0.717, 1.165) is 24.3 Å². The van der Waals surface area contributed by atoms with Gasteiger partial charge in [-0.3, -0.25) is 0 Å². The predicted octanol–water partition coefficient (Wildman–Crippen LogP) is 2.40. The van der Waals surface area contributed by atoms with E-state index in [1.807, 2.05) is 0 Å². The van der Waals surface area contributed by atoms with Gasteiger partial charge in [-0.25, -0.2) is 14.8 Å². The minimum absolute atomic E-state index is 0.239. The third kappa shape index (κ3) is 4.08. The highest BCUT2D eigenvalue weighted by Gasteiger charge is 2.19. The highest BCUT2D eigenvalue weighted by Crippen LogP contribution is 2.28. The maximum absolute atomic E-state index is 11.5. The molecule has 1 aromatic heterocycles. The standard InChI is InChI=1S/C14H24N4O2/c1-6-7-15-12-11(9(2)3)13(17-8-16-12)18-10(4)14(19)20-5/h8-10H,6-7H2,1-5H3,(H2,15,16,17,18). The van der Waals surface area contributed by atoms with Crippen molar-refractivity contribution < 1.29 is 9.53 Å². The molecule has 1 aromatic rings. The molecule has 6 heteroatoms. The fourth-order valence-corrected chi connectivity index (χ4v) is 1.88. The molecule has 6 nitrogen and oxygen atoms in total. The molecule has 0 saturated heterocycles. The third-order valence-electron chi connectivity index (χ3n) is 2.91. The lowest BCUT2D eigenvalue weighted by molar-refractivity contribution is -0.141. The second kappa shape index (κ2) is 7.67. The molecule has 0 amide bonds. The van der Waals surface area contributed by atoms with Crippen molar-refractivity contribution in [2.75, 3.05) is 24.3 Å². The van der Waals surface area contributed by atoms with Crippen LogP contribution >= 0.6 is 0 Å². The van der Waals surface area contributed by atoms with Gasteiger partial charge in [-0.2, -0.15) is 0 Å². The molecule has 112 valence electrons. The van der Waals surface area contributed by atoms with Crippen molar-refractivity contribution in [2.45, 2.75) is 46.1 Å². The fourth-order valence-electron chi connectivity index (χ4n) is 1.88. The van der Waals surface area contributed by atoms with Crippen LogP contribution in [0.5, 0.6) is 0 Å². The van der Waals surface area contributed by atoms with Gasteiger partial charge in [0.2, 0.25) is 0 Å². The number of aromatic nitrogens is 2. The number of carbonyl (C=O) groups is 1. The first-order valence-electron chi connectivity index (χ1n) is 6.94. The Balaban J connectivity index is 3.02. The van der Waals surface area contributed by atoms with Gasteiger partial charge >= 0.3 is 5.97 Å². The Hall–Kier alpha value is -1.85. The molecule has 20 heavy (non-hydrogen) atoms. The minimum atomic E-state index is -0.452. The van der Waals surface area contributed by atoms with Crippen LogP contribution in [0.2, 0.25) is 0 Å². The summed E-state index contributed by atoms with van der Waals surface area (Å²) in [6.07, 6.45) is 2.51. The van der Waals surface area contributed by atoms with Gasteiger partial charge in [-0.1, -0.05) is 20.8 Å². The average Bonchev–Trinajstić information content (AvgIpc) is 2.43. The van der Waals surface area contributed by atoms with Gasteiger partial charge in [0.25, 0.3) is 0 Å². The Kier molecular flexibility index (Phi) is 6.21. The number of carbonyl (C=O) groups excluding carboxylic acids is 1. The number of rotatable bonds is 7. The van der Waals surface area contributed by atoms with Crippen LogP contribution < -0.4 is 10.6 Å². The van der Waals surface area contributed by atoms with Gasteiger partial charge in [-0.15, -0.1) is 0 Å². The largest absolute Gasteiger partial charge is 0.467 e. The van der Waals surface area contributed by atoms with Gasteiger partial charge in [0.1, 0.15) is 24.0 Å². The van der Waals surface area contributed by atoms with Crippen molar-refractivity contribution in [3.63, 3.8) is 0 Å². The summed E-state index contributed by atoms with van der Waals surface area (Å²) < 4.78 is 4.72. The van der Waals surface area contributed by atoms with Gasteiger partial charge in [-0.05, 0) is 19.3 Å². The fraction of sp³-hybridized carbons (Fsp3) is 0.643. The zero-order valence-electron chi connectivity index (χ0n) is 12.9. The molecular weight excluding hydrogens is 256 g/mol. The number of methoxy groups -OCH3 is 1. The Bertz CT molecular complexity index is 449. The van der Waals surface area contributed by atoms with Crippen LogP contribution in [0.25, 0.3) is 0 Å². The minimum Gasteiger partial charge on any atom is -0.467 e. The van der Waals surface area contributed by atoms with Crippen LogP contribution in [0.1, 0.15) is 45.6 Å². The molecule has 2 N–H and O–H groups in total. The second-order valence-electron chi connectivity index (χ2n) is 4.96. The van der Waals surface area contributed by atoms with Crippen LogP contribution in [-0.4, -0.2) is 35.6 Å². The van der Waals surface area contributed by atoms with Gasteiger partial charge in [0, 0.05) is 12.1 Å². The van der Waals surface area contributed by atoms with E-state index < -0.39 is 6.04 Å². The SMILES string of the molecule is CCCNc1ncnc(NC(C)C(=O)OC)c1C(C)C. The zero-order chi connectivity index (χ0) is 15.1. The molecule has 0 fully saturated rings. The van der Waals surface area contributed by atoms with Crippen molar-refractivity contribution in [1.82, 2.24) is 9.97 Å². The van der Waals surface area contributed by atoms with Crippen LogP contribution in [0, 0.1) is 0 Å². The molecule has 1 rings (SSSR count). The Morgan fingerprint density at radius 3 is 2.50 bits per heavy atom.